The average Bonchev–Trinajstić information content (AvgIpc) is 2.60. The lowest BCUT2D eigenvalue weighted by molar-refractivity contribution is -0.383. The number of fused-ring (bicyclic) bond motifs is 1. The Kier molecular flexibility index (Phi) is 5.20. The maximum atomic E-state index is 11.8. The van der Waals surface area contributed by atoms with Crippen LogP contribution in [0.3, 0.4) is 0 Å². The molecule has 0 aliphatic rings. The van der Waals surface area contributed by atoms with Crippen molar-refractivity contribution in [2.75, 3.05) is 17.6 Å². The SMILES string of the molecule is O=c1[nH]cnc2cc(NCCSc3ccc(Cl)cc3)c([N+](=O)[O-])cc12. The van der Waals surface area contributed by atoms with Gasteiger partial charge in [0.25, 0.3) is 11.2 Å². The number of H-pyrrole nitrogens is 1. The van der Waals surface area contributed by atoms with Gasteiger partial charge in [0.1, 0.15) is 5.69 Å². The molecule has 1 aromatic heterocycles. The number of rotatable bonds is 6. The number of aromatic nitrogens is 2. The number of aromatic amines is 1. The van der Waals surface area contributed by atoms with Crippen LogP contribution in [0.5, 0.6) is 0 Å². The summed E-state index contributed by atoms with van der Waals surface area (Å²) in [5.41, 5.74) is 0.190. The number of anilines is 1. The monoisotopic (exact) mass is 376 g/mol. The fourth-order valence-corrected chi connectivity index (χ4v) is 3.18. The van der Waals surface area contributed by atoms with E-state index in [4.69, 9.17) is 11.6 Å². The summed E-state index contributed by atoms with van der Waals surface area (Å²) in [5, 5.41) is 15.2. The zero-order chi connectivity index (χ0) is 17.8. The molecule has 0 spiro atoms. The molecule has 0 atom stereocenters. The number of nitro groups is 1. The Morgan fingerprint density at radius 2 is 2.04 bits per heavy atom. The summed E-state index contributed by atoms with van der Waals surface area (Å²) in [7, 11) is 0. The Morgan fingerprint density at radius 1 is 1.28 bits per heavy atom. The Bertz CT molecular complexity index is 975. The molecule has 7 nitrogen and oxygen atoms in total. The molecule has 0 saturated carbocycles. The van der Waals surface area contributed by atoms with Gasteiger partial charge in [0.15, 0.2) is 0 Å². The van der Waals surface area contributed by atoms with Crippen LogP contribution in [-0.2, 0) is 0 Å². The third-order valence-corrected chi connectivity index (χ3v) is 4.72. The number of hydrogen-bond acceptors (Lipinski definition) is 6. The Hall–Kier alpha value is -2.58. The number of thioether (sulfide) groups is 1. The van der Waals surface area contributed by atoms with E-state index >= 15 is 0 Å². The van der Waals surface area contributed by atoms with Crippen LogP contribution in [0, 0.1) is 10.1 Å². The fourth-order valence-electron chi connectivity index (χ4n) is 2.28. The van der Waals surface area contributed by atoms with Gasteiger partial charge in [-0.1, -0.05) is 11.6 Å². The molecule has 2 aromatic carbocycles. The van der Waals surface area contributed by atoms with Crippen molar-refractivity contribution in [2.45, 2.75) is 4.90 Å². The predicted molar refractivity (Wildman–Crippen MR) is 99.7 cm³/mol. The van der Waals surface area contributed by atoms with Gasteiger partial charge in [0, 0.05) is 28.3 Å². The zero-order valence-corrected chi connectivity index (χ0v) is 14.4. The Labute approximate surface area is 151 Å². The average molecular weight is 377 g/mol. The number of nitrogens with one attached hydrogen (secondary N) is 2. The molecule has 128 valence electrons. The van der Waals surface area contributed by atoms with Crippen LogP contribution in [0.4, 0.5) is 11.4 Å². The van der Waals surface area contributed by atoms with E-state index in [1.165, 1.54) is 18.5 Å². The smallest absolute Gasteiger partial charge is 0.293 e. The van der Waals surface area contributed by atoms with Crippen LogP contribution in [0.1, 0.15) is 0 Å². The van der Waals surface area contributed by atoms with E-state index in [0.29, 0.717) is 28.5 Å². The standard InChI is InChI=1S/C16H13ClN4O3S/c17-10-1-3-11(4-2-10)25-6-5-18-14-8-13-12(7-15(14)21(23)24)16(22)20-9-19-13/h1-4,7-9,18H,5-6H2,(H,19,20,22). The third kappa shape index (κ3) is 4.09. The van der Waals surface area contributed by atoms with Gasteiger partial charge in [-0.15, -0.1) is 11.8 Å². The molecular formula is C16H13ClN4O3S. The molecule has 9 heteroatoms. The van der Waals surface area contributed by atoms with E-state index in [0.717, 1.165) is 4.90 Å². The van der Waals surface area contributed by atoms with E-state index in [1.807, 2.05) is 24.3 Å². The summed E-state index contributed by atoms with van der Waals surface area (Å²) in [4.78, 5) is 30.0. The molecule has 0 fully saturated rings. The summed E-state index contributed by atoms with van der Waals surface area (Å²) >= 11 is 7.45. The van der Waals surface area contributed by atoms with E-state index in [-0.39, 0.29) is 11.1 Å². The molecule has 0 amide bonds. The lowest BCUT2D eigenvalue weighted by Gasteiger charge is -2.08. The number of hydrogen-bond donors (Lipinski definition) is 2. The molecule has 0 unspecified atom stereocenters. The first-order valence-electron chi connectivity index (χ1n) is 7.32. The van der Waals surface area contributed by atoms with Crippen molar-refractivity contribution in [3.8, 4) is 0 Å². The molecule has 0 aliphatic carbocycles. The number of nitrogens with zero attached hydrogens (tertiary/aromatic N) is 2. The number of halogens is 1. The van der Waals surface area contributed by atoms with Crippen LogP contribution in [-0.4, -0.2) is 27.2 Å². The molecule has 3 rings (SSSR count). The highest BCUT2D eigenvalue weighted by Gasteiger charge is 2.16. The second-order valence-corrected chi connectivity index (χ2v) is 6.71. The maximum Gasteiger partial charge on any atom is 0.293 e. The van der Waals surface area contributed by atoms with Crippen molar-refractivity contribution < 1.29 is 4.92 Å². The van der Waals surface area contributed by atoms with Gasteiger partial charge in [-0.25, -0.2) is 4.98 Å². The summed E-state index contributed by atoms with van der Waals surface area (Å²) in [6, 6.07) is 10.2. The third-order valence-electron chi connectivity index (χ3n) is 3.45. The second-order valence-electron chi connectivity index (χ2n) is 5.10. The van der Waals surface area contributed by atoms with E-state index in [1.54, 1.807) is 11.8 Å². The molecule has 0 bridgehead atoms. The first kappa shape index (κ1) is 17.2. The molecule has 0 radical (unpaired) electrons. The summed E-state index contributed by atoms with van der Waals surface area (Å²) in [6.45, 7) is 0.517. The predicted octanol–water partition coefficient (Wildman–Crippen LogP) is 3.69. The van der Waals surface area contributed by atoms with Crippen molar-refractivity contribution in [3.63, 3.8) is 0 Å². The van der Waals surface area contributed by atoms with Crippen molar-refractivity contribution in [3.05, 3.63) is 68.2 Å². The highest BCUT2D eigenvalue weighted by atomic mass is 35.5. The normalized spacial score (nSPS) is 10.8. The van der Waals surface area contributed by atoms with Crippen molar-refractivity contribution in [1.29, 1.82) is 0 Å². The first-order valence-corrected chi connectivity index (χ1v) is 8.69. The van der Waals surface area contributed by atoms with Gasteiger partial charge in [-0.2, -0.15) is 0 Å². The lowest BCUT2D eigenvalue weighted by atomic mass is 10.2. The lowest BCUT2D eigenvalue weighted by Crippen LogP contribution is -2.10. The molecule has 0 aliphatic heterocycles. The maximum absolute atomic E-state index is 11.8. The number of benzene rings is 2. The quantitative estimate of drug-likeness (QED) is 0.294. The minimum absolute atomic E-state index is 0.150. The molecule has 25 heavy (non-hydrogen) atoms. The van der Waals surface area contributed by atoms with Crippen LogP contribution >= 0.6 is 23.4 Å². The molecule has 3 aromatic rings. The minimum Gasteiger partial charge on any atom is -0.379 e. The van der Waals surface area contributed by atoms with Crippen molar-refractivity contribution in [2.24, 2.45) is 0 Å². The van der Waals surface area contributed by atoms with Crippen LogP contribution in [0.25, 0.3) is 10.9 Å². The highest BCUT2D eigenvalue weighted by molar-refractivity contribution is 7.99. The van der Waals surface area contributed by atoms with E-state index < -0.39 is 10.5 Å². The van der Waals surface area contributed by atoms with E-state index in [2.05, 4.69) is 15.3 Å². The molecular weight excluding hydrogens is 364 g/mol. The van der Waals surface area contributed by atoms with Gasteiger partial charge in [-0.3, -0.25) is 14.9 Å². The van der Waals surface area contributed by atoms with Crippen LogP contribution in [0.15, 0.2) is 52.4 Å². The zero-order valence-electron chi connectivity index (χ0n) is 12.9. The van der Waals surface area contributed by atoms with Crippen LogP contribution < -0.4 is 10.9 Å². The van der Waals surface area contributed by atoms with Gasteiger partial charge in [0.2, 0.25) is 0 Å². The topological polar surface area (TPSA) is 101 Å². The van der Waals surface area contributed by atoms with Crippen molar-refractivity contribution in [1.82, 2.24) is 9.97 Å². The Balaban J connectivity index is 1.73. The second kappa shape index (κ2) is 7.54. The minimum atomic E-state index is -0.513. The van der Waals surface area contributed by atoms with Gasteiger partial charge >= 0.3 is 0 Å². The van der Waals surface area contributed by atoms with Gasteiger partial charge in [-0.05, 0) is 30.3 Å². The first-order chi connectivity index (χ1) is 12.0. The largest absolute Gasteiger partial charge is 0.379 e. The van der Waals surface area contributed by atoms with E-state index in [9.17, 15) is 14.9 Å². The van der Waals surface area contributed by atoms with Gasteiger partial charge < -0.3 is 10.3 Å². The number of nitro benzene ring substituents is 1. The Morgan fingerprint density at radius 3 is 2.76 bits per heavy atom. The van der Waals surface area contributed by atoms with Crippen molar-refractivity contribution >= 4 is 45.6 Å². The van der Waals surface area contributed by atoms with Crippen LogP contribution in [0.2, 0.25) is 5.02 Å². The fraction of sp³-hybridized carbons (Fsp3) is 0.125. The summed E-state index contributed by atoms with van der Waals surface area (Å²) in [6.07, 6.45) is 1.27. The summed E-state index contributed by atoms with van der Waals surface area (Å²) in [5.74, 6) is 0.708. The molecule has 1 heterocycles. The van der Waals surface area contributed by atoms with Gasteiger partial charge in [0.05, 0.1) is 22.2 Å². The molecule has 0 saturated heterocycles. The highest BCUT2D eigenvalue weighted by Crippen LogP contribution is 2.28. The summed E-state index contributed by atoms with van der Waals surface area (Å²) < 4.78 is 0. The molecule has 2 N–H and O–H groups in total.